The van der Waals surface area contributed by atoms with Gasteiger partial charge in [-0.25, -0.2) is 0 Å². The van der Waals surface area contributed by atoms with Crippen molar-refractivity contribution >= 4 is 45.0 Å². The highest BCUT2D eigenvalue weighted by molar-refractivity contribution is 9.10. The maximum atomic E-state index is 11.9. The van der Waals surface area contributed by atoms with Crippen molar-refractivity contribution < 1.29 is 4.79 Å². The van der Waals surface area contributed by atoms with Crippen molar-refractivity contribution in [2.24, 2.45) is 0 Å². The Morgan fingerprint density at radius 2 is 1.86 bits per heavy atom. The highest BCUT2D eigenvalue weighted by Crippen LogP contribution is 2.27. The summed E-state index contributed by atoms with van der Waals surface area (Å²) in [4.78, 5) is 13.1. The number of hydrogen-bond donors (Lipinski definition) is 2. The van der Waals surface area contributed by atoms with E-state index in [1.54, 1.807) is 17.8 Å². The summed E-state index contributed by atoms with van der Waals surface area (Å²) in [7, 11) is 0. The topological polar surface area (TPSA) is 55.1 Å². The molecule has 0 aliphatic heterocycles. The number of para-hydroxylation sites is 2. The van der Waals surface area contributed by atoms with Gasteiger partial charge in [0, 0.05) is 15.8 Å². The summed E-state index contributed by atoms with van der Waals surface area (Å²) in [6.07, 6.45) is 1.32. The van der Waals surface area contributed by atoms with Crippen LogP contribution in [0, 0.1) is 0 Å². The second-order valence-corrected chi connectivity index (χ2v) is 6.51. The van der Waals surface area contributed by atoms with Crippen molar-refractivity contribution in [3.8, 4) is 0 Å². The average molecular weight is 365 g/mol. The van der Waals surface area contributed by atoms with E-state index >= 15 is 0 Å². The monoisotopic (exact) mass is 364 g/mol. The summed E-state index contributed by atoms with van der Waals surface area (Å²) in [6.45, 7) is 0. The number of nitrogens with two attached hydrogens (primary N) is 1. The minimum Gasteiger partial charge on any atom is -0.397 e. The quantitative estimate of drug-likeness (QED) is 0.449. The summed E-state index contributed by atoms with van der Waals surface area (Å²) >= 11 is 5.26. The van der Waals surface area contributed by atoms with Crippen molar-refractivity contribution in [3.05, 3.63) is 53.0 Å². The number of thioether (sulfide) groups is 1. The van der Waals surface area contributed by atoms with Crippen LogP contribution in [0.4, 0.5) is 11.4 Å². The molecule has 3 nitrogen and oxygen atoms in total. The van der Waals surface area contributed by atoms with Crippen molar-refractivity contribution in [2.75, 3.05) is 16.8 Å². The first kappa shape index (κ1) is 15.9. The molecule has 2 aromatic carbocycles. The van der Waals surface area contributed by atoms with Crippen LogP contribution in [0.25, 0.3) is 0 Å². The van der Waals surface area contributed by atoms with Gasteiger partial charge in [-0.1, -0.05) is 24.3 Å². The van der Waals surface area contributed by atoms with Gasteiger partial charge < -0.3 is 11.1 Å². The summed E-state index contributed by atoms with van der Waals surface area (Å²) in [5.41, 5.74) is 7.06. The number of carbonyl (C=O) groups is 1. The molecule has 2 aromatic rings. The molecule has 0 aliphatic rings. The third-order valence-electron chi connectivity index (χ3n) is 2.88. The van der Waals surface area contributed by atoms with Crippen molar-refractivity contribution in [3.63, 3.8) is 0 Å². The van der Waals surface area contributed by atoms with E-state index in [4.69, 9.17) is 5.73 Å². The molecule has 1 amide bonds. The molecule has 0 heterocycles. The lowest BCUT2D eigenvalue weighted by atomic mass is 10.2. The number of rotatable bonds is 6. The van der Waals surface area contributed by atoms with E-state index in [2.05, 4.69) is 27.3 Å². The zero-order chi connectivity index (χ0) is 15.1. The third-order valence-corrected chi connectivity index (χ3v) is 4.99. The lowest BCUT2D eigenvalue weighted by molar-refractivity contribution is -0.116. The van der Waals surface area contributed by atoms with Gasteiger partial charge in [0.1, 0.15) is 0 Å². The number of halogens is 1. The summed E-state index contributed by atoms with van der Waals surface area (Å²) in [6, 6.07) is 15.4. The van der Waals surface area contributed by atoms with Gasteiger partial charge in [-0.15, -0.1) is 11.8 Å². The zero-order valence-corrected chi connectivity index (χ0v) is 13.9. The maximum absolute atomic E-state index is 11.9. The second-order valence-electron chi connectivity index (χ2n) is 4.52. The van der Waals surface area contributed by atoms with E-state index in [1.807, 2.05) is 36.4 Å². The number of nitrogens with one attached hydrogen (secondary N) is 1. The molecule has 0 radical (unpaired) electrons. The molecule has 0 unspecified atom stereocenters. The molecule has 3 N–H and O–H groups in total. The SMILES string of the molecule is Nc1ccccc1NC(=O)CCCSc1ccccc1Br. The van der Waals surface area contributed by atoms with Gasteiger partial charge in [-0.3, -0.25) is 4.79 Å². The molecule has 5 heteroatoms. The van der Waals surface area contributed by atoms with Crippen LogP contribution in [-0.2, 0) is 4.79 Å². The van der Waals surface area contributed by atoms with Crippen LogP contribution in [-0.4, -0.2) is 11.7 Å². The number of amides is 1. The van der Waals surface area contributed by atoms with Crippen molar-refractivity contribution in [1.82, 2.24) is 0 Å². The van der Waals surface area contributed by atoms with Crippen LogP contribution in [0.3, 0.4) is 0 Å². The molecular formula is C16H17BrN2OS. The highest BCUT2D eigenvalue weighted by Gasteiger charge is 2.05. The first-order valence-electron chi connectivity index (χ1n) is 6.68. The number of anilines is 2. The first-order chi connectivity index (χ1) is 10.2. The largest absolute Gasteiger partial charge is 0.397 e. The predicted octanol–water partition coefficient (Wildman–Crippen LogP) is 4.54. The molecular weight excluding hydrogens is 348 g/mol. The molecule has 0 spiro atoms. The summed E-state index contributed by atoms with van der Waals surface area (Å²) in [5.74, 6) is 0.904. The molecule has 0 bridgehead atoms. The van der Waals surface area contributed by atoms with Gasteiger partial charge in [-0.2, -0.15) is 0 Å². The van der Waals surface area contributed by atoms with E-state index in [0.717, 1.165) is 16.6 Å². The van der Waals surface area contributed by atoms with Crippen LogP contribution in [0.15, 0.2) is 57.9 Å². The van der Waals surface area contributed by atoms with Gasteiger partial charge in [0.25, 0.3) is 0 Å². The fourth-order valence-electron chi connectivity index (χ4n) is 1.80. The van der Waals surface area contributed by atoms with Crippen LogP contribution < -0.4 is 11.1 Å². The molecule has 0 atom stereocenters. The Balaban J connectivity index is 1.73. The minimum atomic E-state index is 0.000581. The second kappa shape index (κ2) is 8.10. The fourth-order valence-corrected chi connectivity index (χ4v) is 3.32. The van der Waals surface area contributed by atoms with Crippen molar-refractivity contribution in [1.29, 1.82) is 0 Å². The Bertz CT molecular complexity index is 619. The molecule has 0 aliphatic carbocycles. The lowest BCUT2D eigenvalue weighted by Gasteiger charge is -2.08. The van der Waals surface area contributed by atoms with Gasteiger partial charge in [0.05, 0.1) is 11.4 Å². The van der Waals surface area contributed by atoms with Gasteiger partial charge in [-0.05, 0) is 52.4 Å². The molecule has 0 saturated heterocycles. The van der Waals surface area contributed by atoms with E-state index in [9.17, 15) is 4.79 Å². The molecule has 110 valence electrons. The Morgan fingerprint density at radius 3 is 2.62 bits per heavy atom. The number of benzene rings is 2. The summed E-state index contributed by atoms with van der Waals surface area (Å²) < 4.78 is 1.09. The molecule has 2 rings (SSSR count). The Hall–Kier alpha value is -1.46. The highest BCUT2D eigenvalue weighted by atomic mass is 79.9. The number of hydrogen-bond acceptors (Lipinski definition) is 3. The maximum Gasteiger partial charge on any atom is 0.224 e. The molecule has 0 fully saturated rings. The van der Waals surface area contributed by atoms with Gasteiger partial charge >= 0.3 is 0 Å². The first-order valence-corrected chi connectivity index (χ1v) is 8.46. The van der Waals surface area contributed by atoms with Crippen LogP contribution >= 0.6 is 27.7 Å². The van der Waals surface area contributed by atoms with Gasteiger partial charge in [0.2, 0.25) is 5.91 Å². The number of nitrogen functional groups attached to an aromatic ring is 1. The van der Waals surface area contributed by atoms with E-state index < -0.39 is 0 Å². The third kappa shape index (κ3) is 5.10. The Labute approximate surface area is 137 Å². The smallest absolute Gasteiger partial charge is 0.224 e. The van der Waals surface area contributed by atoms with E-state index in [0.29, 0.717) is 17.8 Å². The van der Waals surface area contributed by atoms with E-state index in [1.165, 1.54) is 4.90 Å². The Kier molecular flexibility index (Phi) is 6.14. The summed E-state index contributed by atoms with van der Waals surface area (Å²) in [5, 5.41) is 2.84. The molecule has 0 saturated carbocycles. The average Bonchev–Trinajstić information content (AvgIpc) is 2.48. The van der Waals surface area contributed by atoms with Gasteiger partial charge in [0.15, 0.2) is 0 Å². The zero-order valence-electron chi connectivity index (χ0n) is 11.5. The Morgan fingerprint density at radius 1 is 1.14 bits per heavy atom. The standard InChI is InChI=1S/C16H17BrN2OS/c17-12-6-1-4-9-15(12)21-11-5-10-16(20)19-14-8-3-2-7-13(14)18/h1-4,6-9H,5,10-11,18H2,(H,19,20). The number of carbonyl (C=O) groups excluding carboxylic acids is 1. The normalized spacial score (nSPS) is 10.3. The van der Waals surface area contributed by atoms with Crippen molar-refractivity contribution in [2.45, 2.75) is 17.7 Å². The molecule has 0 aromatic heterocycles. The van der Waals surface area contributed by atoms with Crippen LogP contribution in [0.2, 0.25) is 0 Å². The predicted molar refractivity (Wildman–Crippen MR) is 93.6 cm³/mol. The fraction of sp³-hybridized carbons (Fsp3) is 0.188. The van der Waals surface area contributed by atoms with Crippen LogP contribution in [0.5, 0.6) is 0 Å². The minimum absolute atomic E-state index is 0.000581. The van der Waals surface area contributed by atoms with E-state index in [-0.39, 0.29) is 5.91 Å². The lowest BCUT2D eigenvalue weighted by Crippen LogP contribution is -2.12. The van der Waals surface area contributed by atoms with Crippen LogP contribution in [0.1, 0.15) is 12.8 Å². The molecule has 21 heavy (non-hydrogen) atoms.